The number of amides is 1. The molecular weight excluding hydrogens is 362 g/mol. The molecule has 2 aliphatic carbocycles. The first-order valence-electron chi connectivity index (χ1n) is 10.9. The second kappa shape index (κ2) is 8.04. The molecule has 2 bridgehead atoms. The lowest BCUT2D eigenvalue weighted by Crippen LogP contribution is -2.57. The first-order valence-corrected chi connectivity index (χ1v) is 10.9. The van der Waals surface area contributed by atoms with E-state index in [4.69, 9.17) is 9.47 Å². The van der Waals surface area contributed by atoms with E-state index in [0.717, 1.165) is 36.1 Å². The van der Waals surface area contributed by atoms with Gasteiger partial charge >= 0.3 is 6.09 Å². The highest BCUT2D eigenvalue weighted by molar-refractivity contribution is 5.71. The molecule has 0 spiro atoms. The van der Waals surface area contributed by atoms with Crippen molar-refractivity contribution in [2.24, 2.45) is 5.92 Å². The van der Waals surface area contributed by atoms with E-state index < -0.39 is 5.60 Å². The zero-order chi connectivity index (χ0) is 21.4. The third-order valence-corrected chi connectivity index (χ3v) is 6.58. The molecule has 2 aliphatic rings. The third kappa shape index (κ3) is 4.46. The van der Waals surface area contributed by atoms with E-state index in [1.54, 1.807) is 7.11 Å². The zero-order valence-corrected chi connectivity index (χ0v) is 19.0. The maximum absolute atomic E-state index is 12.7. The van der Waals surface area contributed by atoms with Gasteiger partial charge in [-0.05, 0) is 81.7 Å². The fraction of sp³-hybridized carbons (Fsp3) is 0.640. The van der Waals surface area contributed by atoms with Crippen LogP contribution in [-0.2, 0) is 16.6 Å². The van der Waals surface area contributed by atoms with Crippen molar-refractivity contribution >= 4 is 11.7 Å². The number of hydrogen-bond acceptors (Lipinski definition) is 3. The second-order valence-electron chi connectivity index (χ2n) is 10.1. The van der Waals surface area contributed by atoms with E-state index in [1.807, 2.05) is 27.7 Å². The van der Waals surface area contributed by atoms with Crippen molar-refractivity contribution < 1.29 is 14.3 Å². The van der Waals surface area contributed by atoms with E-state index in [-0.39, 0.29) is 17.6 Å². The quantitative estimate of drug-likeness (QED) is 0.676. The molecule has 1 N–H and O–H groups in total. The minimum Gasteiger partial charge on any atom is -0.496 e. The monoisotopic (exact) mass is 399 g/mol. The van der Waals surface area contributed by atoms with Crippen molar-refractivity contribution in [1.29, 1.82) is 0 Å². The lowest BCUT2D eigenvalue weighted by molar-refractivity contribution is 0.0417. The number of nitrogens with one attached hydrogen (secondary N) is 1. The fourth-order valence-electron chi connectivity index (χ4n) is 5.26. The first-order chi connectivity index (χ1) is 13.5. The molecule has 3 rings (SSSR count). The van der Waals surface area contributed by atoms with Crippen LogP contribution in [0, 0.1) is 5.92 Å². The SMILES string of the molecule is C=C(C)c1cc2c(cc1OC)C1(C)CCCCCC(C2)C1NC(=O)OC(C)(C)C. The normalized spacial score (nSPS) is 26.6. The maximum Gasteiger partial charge on any atom is 0.407 e. The Kier molecular flexibility index (Phi) is 6.03. The van der Waals surface area contributed by atoms with Gasteiger partial charge in [-0.1, -0.05) is 32.8 Å². The lowest BCUT2D eigenvalue weighted by Gasteiger charge is -2.49. The van der Waals surface area contributed by atoms with Crippen LogP contribution in [0.5, 0.6) is 5.75 Å². The van der Waals surface area contributed by atoms with Crippen molar-refractivity contribution in [2.45, 2.75) is 90.2 Å². The van der Waals surface area contributed by atoms with Crippen LogP contribution in [0.4, 0.5) is 4.79 Å². The Morgan fingerprint density at radius 1 is 1.24 bits per heavy atom. The number of fused-ring (bicyclic) bond motifs is 4. The summed E-state index contributed by atoms with van der Waals surface area (Å²) in [5.41, 5.74) is 4.14. The number of ether oxygens (including phenoxy) is 2. The summed E-state index contributed by atoms with van der Waals surface area (Å²) < 4.78 is 11.3. The number of allylic oxidation sites excluding steroid dienone is 1. The smallest absolute Gasteiger partial charge is 0.407 e. The van der Waals surface area contributed by atoms with E-state index >= 15 is 0 Å². The van der Waals surface area contributed by atoms with Crippen LogP contribution in [0.1, 0.15) is 83.4 Å². The number of hydrogen-bond donors (Lipinski definition) is 1. The van der Waals surface area contributed by atoms with Gasteiger partial charge in [0.2, 0.25) is 0 Å². The third-order valence-electron chi connectivity index (χ3n) is 6.58. The second-order valence-corrected chi connectivity index (χ2v) is 10.1. The summed E-state index contributed by atoms with van der Waals surface area (Å²) in [5, 5.41) is 3.28. The van der Waals surface area contributed by atoms with Gasteiger partial charge in [-0.3, -0.25) is 0 Å². The Morgan fingerprint density at radius 2 is 1.97 bits per heavy atom. The Labute approximate surface area is 176 Å². The summed E-state index contributed by atoms with van der Waals surface area (Å²) in [7, 11) is 1.72. The van der Waals surface area contributed by atoms with Gasteiger partial charge in [0.25, 0.3) is 0 Å². The van der Waals surface area contributed by atoms with Gasteiger partial charge in [0.1, 0.15) is 11.4 Å². The summed E-state index contributed by atoms with van der Waals surface area (Å²) in [6, 6.07) is 4.53. The molecule has 29 heavy (non-hydrogen) atoms. The molecule has 0 aliphatic heterocycles. The summed E-state index contributed by atoms with van der Waals surface area (Å²) in [4.78, 5) is 12.7. The molecular formula is C25H37NO3. The Balaban J connectivity index is 2.06. The highest BCUT2D eigenvalue weighted by Crippen LogP contribution is 2.48. The largest absolute Gasteiger partial charge is 0.496 e. The van der Waals surface area contributed by atoms with Crippen LogP contribution in [0.2, 0.25) is 0 Å². The minimum atomic E-state index is -0.501. The van der Waals surface area contributed by atoms with Crippen molar-refractivity contribution in [1.82, 2.24) is 5.32 Å². The molecule has 1 amide bonds. The molecule has 1 aromatic rings. The van der Waals surface area contributed by atoms with Gasteiger partial charge in [0, 0.05) is 17.0 Å². The molecule has 4 nitrogen and oxygen atoms in total. The molecule has 0 saturated heterocycles. The summed E-state index contributed by atoms with van der Waals surface area (Å²) >= 11 is 0. The first kappa shape index (κ1) is 21.7. The Morgan fingerprint density at radius 3 is 2.59 bits per heavy atom. The van der Waals surface area contributed by atoms with Gasteiger partial charge in [0.15, 0.2) is 0 Å². The zero-order valence-electron chi connectivity index (χ0n) is 19.0. The highest BCUT2D eigenvalue weighted by atomic mass is 16.6. The Bertz CT molecular complexity index is 792. The van der Waals surface area contributed by atoms with Crippen LogP contribution < -0.4 is 10.1 Å². The van der Waals surface area contributed by atoms with Crippen LogP contribution in [0.3, 0.4) is 0 Å². The highest BCUT2D eigenvalue weighted by Gasteiger charge is 2.47. The van der Waals surface area contributed by atoms with E-state index in [1.165, 1.54) is 30.4 Å². The average molecular weight is 400 g/mol. The molecule has 0 heterocycles. The number of benzene rings is 1. The lowest BCUT2D eigenvalue weighted by atomic mass is 9.59. The summed E-state index contributed by atoms with van der Waals surface area (Å²) in [6.07, 6.45) is 6.47. The predicted molar refractivity (Wildman–Crippen MR) is 118 cm³/mol. The number of carbonyl (C=O) groups is 1. The molecule has 0 aromatic heterocycles. The Hall–Kier alpha value is -1.97. The van der Waals surface area contributed by atoms with Crippen molar-refractivity contribution in [3.8, 4) is 5.75 Å². The van der Waals surface area contributed by atoms with Crippen molar-refractivity contribution in [2.75, 3.05) is 7.11 Å². The van der Waals surface area contributed by atoms with Crippen LogP contribution in [0.25, 0.3) is 5.57 Å². The molecule has 3 unspecified atom stereocenters. The molecule has 0 radical (unpaired) electrons. The molecule has 4 heteroatoms. The summed E-state index contributed by atoms with van der Waals surface area (Å²) in [6.45, 7) is 14.2. The average Bonchev–Trinajstić information content (AvgIpc) is 2.61. The fourth-order valence-corrected chi connectivity index (χ4v) is 5.26. The molecule has 1 saturated carbocycles. The van der Waals surface area contributed by atoms with Gasteiger partial charge in [-0.25, -0.2) is 4.79 Å². The van der Waals surface area contributed by atoms with Crippen molar-refractivity contribution in [3.63, 3.8) is 0 Å². The van der Waals surface area contributed by atoms with Crippen LogP contribution >= 0.6 is 0 Å². The molecule has 3 atom stereocenters. The summed E-state index contributed by atoms with van der Waals surface area (Å²) in [5.74, 6) is 1.28. The number of alkyl carbamates (subject to hydrolysis) is 1. The van der Waals surface area contributed by atoms with Gasteiger partial charge < -0.3 is 14.8 Å². The van der Waals surface area contributed by atoms with E-state index in [0.29, 0.717) is 5.92 Å². The number of methoxy groups -OCH3 is 1. The van der Waals surface area contributed by atoms with E-state index in [9.17, 15) is 4.79 Å². The topological polar surface area (TPSA) is 47.6 Å². The van der Waals surface area contributed by atoms with Crippen LogP contribution in [0.15, 0.2) is 18.7 Å². The van der Waals surface area contributed by atoms with Gasteiger partial charge in [-0.2, -0.15) is 0 Å². The molecule has 160 valence electrons. The molecule has 1 fully saturated rings. The van der Waals surface area contributed by atoms with Crippen LogP contribution in [-0.4, -0.2) is 24.8 Å². The minimum absolute atomic E-state index is 0.0607. The van der Waals surface area contributed by atoms with Crippen molar-refractivity contribution in [3.05, 3.63) is 35.4 Å². The van der Waals surface area contributed by atoms with Gasteiger partial charge in [-0.15, -0.1) is 0 Å². The number of carbonyl (C=O) groups excluding carboxylic acids is 1. The van der Waals surface area contributed by atoms with E-state index in [2.05, 4.69) is 31.0 Å². The molecule has 1 aromatic carbocycles. The van der Waals surface area contributed by atoms with Gasteiger partial charge in [0.05, 0.1) is 7.11 Å². The maximum atomic E-state index is 12.7. The predicted octanol–water partition coefficient (Wildman–Crippen LogP) is 6.02. The standard InChI is InChI=1S/C25H37NO3/c1-16(2)19-14-18-13-17-11-9-8-10-12-25(6,20(18)15-21(19)28-7)22(17)26-23(27)29-24(3,4)5/h14-15,17,22H,1,8-13H2,2-7H3,(H,26,27). The number of rotatable bonds is 3.